The number of hydrogen-bond acceptors (Lipinski definition) is 3. The fraction of sp³-hybridized carbons (Fsp3) is 0.692. The number of rotatable bonds is 8. The number of carbonyl (C=O) groups is 1. The highest BCUT2D eigenvalue weighted by molar-refractivity contribution is 6.32. The minimum atomic E-state index is 0.141. The fourth-order valence-corrected chi connectivity index (χ4v) is 1.95. The van der Waals surface area contributed by atoms with E-state index in [1.165, 1.54) is 0 Å². The maximum Gasteiger partial charge on any atom is 0.141 e. The standard InChI is InChI=1S/C13H21ClN2O2/c1-4-7-18-8-6-11(17)9-12-13(14)10(3)15-16(12)5-2/h4-9H2,1-3H3. The number of hydrogen-bond donors (Lipinski definition) is 0. The molecule has 0 aliphatic heterocycles. The van der Waals surface area contributed by atoms with Gasteiger partial charge < -0.3 is 4.74 Å². The van der Waals surface area contributed by atoms with E-state index < -0.39 is 0 Å². The summed E-state index contributed by atoms with van der Waals surface area (Å²) in [5.74, 6) is 0.141. The van der Waals surface area contributed by atoms with Gasteiger partial charge in [-0.25, -0.2) is 0 Å². The van der Waals surface area contributed by atoms with Crippen molar-refractivity contribution < 1.29 is 9.53 Å². The summed E-state index contributed by atoms with van der Waals surface area (Å²) >= 11 is 6.15. The molecule has 102 valence electrons. The van der Waals surface area contributed by atoms with Crippen LogP contribution < -0.4 is 0 Å². The van der Waals surface area contributed by atoms with E-state index in [0.29, 0.717) is 31.1 Å². The van der Waals surface area contributed by atoms with Crippen molar-refractivity contribution in [2.75, 3.05) is 13.2 Å². The second-order valence-corrected chi connectivity index (χ2v) is 4.62. The van der Waals surface area contributed by atoms with Crippen LogP contribution in [0.5, 0.6) is 0 Å². The molecule has 0 unspecified atom stereocenters. The van der Waals surface area contributed by atoms with Crippen LogP contribution in [0.4, 0.5) is 0 Å². The average Bonchev–Trinajstić information content (AvgIpc) is 2.62. The zero-order valence-electron chi connectivity index (χ0n) is 11.3. The second kappa shape index (κ2) is 7.54. The summed E-state index contributed by atoms with van der Waals surface area (Å²) in [7, 11) is 0. The minimum Gasteiger partial charge on any atom is -0.381 e. The molecule has 0 saturated heterocycles. The molecule has 0 amide bonds. The van der Waals surface area contributed by atoms with Gasteiger partial charge in [-0.3, -0.25) is 9.48 Å². The van der Waals surface area contributed by atoms with Crippen molar-refractivity contribution >= 4 is 17.4 Å². The summed E-state index contributed by atoms with van der Waals surface area (Å²) in [4.78, 5) is 11.8. The van der Waals surface area contributed by atoms with Gasteiger partial charge >= 0.3 is 0 Å². The van der Waals surface area contributed by atoms with Gasteiger partial charge in [-0.2, -0.15) is 5.10 Å². The molecular formula is C13H21ClN2O2. The molecule has 0 fully saturated rings. The SMILES string of the molecule is CCCOCCC(=O)Cc1c(Cl)c(C)nn1CC. The van der Waals surface area contributed by atoms with Gasteiger partial charge in [0.15, 0.2) is 0 Å². The van der Waals surface area contributed by atoms with E-state index in [-0.39, 0.29) is 5.78 Å². The van der Waals surface area contributed by atoms with Gasteiger partial charge in [0, 0.05) is 26.0 Å². The minimum absolute atomic E-state index is 0.141. The first-order valence-corrected chi connectivity index (χ1v) is 6.79. The van der Waals surface area contributed by atoms with Crippen LogP contribution in [-0.4, -0.2) is 28.8 Å². The molecule has 0 atom stereocenters. The Bertz CT molecular complexity index is 402. The molecule has 0 aliphatic carbocycles. The van der Waals surface area contributed by atoms with Crippen molar-refractivity contribution in [3.8, 4) is 0 Å². The van der Waals surface area contributed by atoms with Gasteiger partial charge in [-0.1, -0.05) is 18.5 Å². The number of aryl methyl sites for hydroxylation is 2. The van der Waals surface area contributed by atoms with E-state index in [1.54, 1.807) is 4.68 Å². The lowest BCUT2D eigenvalue weighted by molar-refractivity contribution is -0.119. The number of halogens is 1. The number of ketones is 1. The maximum atomic E-state index is 11.8. The lowest BCUT2D eigenvalue weighted by Crippen LogP contribution is -2.12. The molecule has 5 heteroatoms. The smallest absolute Gasteiger partial charge is 0.141 e. The number of Topliss-reactive ketones (excluding diaryl/α,β-unsaturated/α-hetero) is 1. The van der Waals surface area contributed by atoms with Crippen molar-refractivity contribution in [1.29, 1.82) is 0 Å². The van der Waals surface area contributed by atoms with E-state index in [2.05, 4.69) is 5.10 Å². The lowest BCUT2D eigenvalue weighted by Gasteiger charge is -2.05. The van der Waals surface area contributed by atoms with E-state index in [1.807, 2.05) is 20.8 Å². The molecule has 0 aliphatic rings. The van der Waals surface area contributed by atoms with E-state index in [4.69, 9.17) is 16.3 Å². The van der Waals surface area contributed by atoms with Crippen LogP contribution in [0.1, 0.15) is 38.1 Å². The summed E-state index contributed by atoms with van der Waals surface area (Å²) < 4.78 is 7.10. The van der Waals surface area contributed by atoms with Gasteiger partial charge in [-0.05, 0) is 20.3 Å². The predicted molar refractivity (Wildman–Crippen MR) is 72.1 cm³/mol. The quantitative estimate of drug-likeness (QED) is 0.684. The zero-order chi connectivity index (χ0) is 13.5. The fourth-order valence-electron chi connectivity index (χ4n) is 1.75. The van der Waals surface area contributed by atoms with Crippen LogP contribution in [0.25, 0.3) is 0 Å². The highest BCUT2D eigenvalue weighted by Gasteiger charge is 2.15. The molecule has 0 aromatic carbocycles. The Balaban J connectivity index is 2.53. The van der Waals surface area contributed by atoms with Crippen LogP contribution in [0.3, 0.4) is 0 Å². The first-order valence-electron chi connectivity index (χ1n) is 6.41. The number of ether oxygens (including phenoxy) is 1. The highest BCUT2D eigenvalue weighted by atomic mass is 35.5. The first-order chi connectivity index (χ1) is 8.60. The molecule has 0 N–H and O–H groups in total. The Hall–Kier alpha value is -0.870. The molecular weight excluding hydrogens is 252 g/mol. The zero-order valence-corrected chi connectivity index (χ0v) is 12.1. The summed E-state index contributed by atoms with van der Waals surface area (Å²) in [5.41, 5.74) is 1.60. The third-order valence-electron chi connectivity index (χ3n) is 2.69. The van der Waals surface area contributed by atoms with Gasteiger partial charge in [0.2, 0.25) is 0 Å². The summed E-state index contributed by atoms with van der Waals surface area (Å²) in [5, 5.41) is 4.90. The molecule has 0 bridgehead atoms. The Morgan fingerprint density at radius 3 is 2.72 bits per heavy atom. The lowest BCUT2D eigenvalue weighted by atomic mass is 10.1. The van der Waals surface area contributed by atoms with Gasteiger partial charge in [-0.15, -0.1) is 0 Å². The van der Waals surface area contributed by atoms with Crippen LogP contribution in [0.15, 0.2) is 0 Å². The van der Waals surface area contributed by atoms with Crippen LogP contribution in [0.2, 0.25) is 5.02 Å². The molecule has 1 aromatic rings. The van der Waals surface area contributed by atoms with E-state index in [0.717, 1.165) is 24.4 Å². The topological polar surface area (TPSA) is 44.1 Å². The molecule has 1 heterocycles. The Labute approximate surface area is 113 Å². The van der Waals surface area contributed by atoms with Crippen molar-refractivity contribution in [2.45, 2.75) is 46.6 Å². The molecule has 1 aromatic heterocycles. The average molecular weight is 273 g/mol. The molecule has 18 heavy (non-hydrogen) atoms. The Kier molecular flexibility index (Phi) is 6.36. The van der Waals surface area contributed by atoms with Crippen molar-refractivity contribution in [3.63, 3.8) is 0 Å². The summed E-state index contributed by atoms with van der Waals surface area (Å²) in [6.45, 7) is 7.81. The van der Waals surface area contributed by atoms with Gasteiger partial charge in [0.05, 0.1) is 23.0 Å². The maximum absolute atomic E-state index is 11.8. The Morgan fingerprint density at radius 2 is 2.11 bits per heavy atom. The van der Waals surface area contributed by atoms with E-state index >= 15 is 0 Å². The van der Waals surface area contributed by atoms with Gasteiger partial charge in [0.1, 0.15) is 5.78 Å². The normalized spacial score (nSPS) is 10.9. The molecule has 0 saturated carbocycles. The summed E-state index contributed by atoms with van der Waals surface area (Å²) in [6, 6.07) is 0. The van der Waals surface area contributed by atoms with Crippen molar-refractivity contribution in [2.24, 2.45) is 0 Å². The summed E-state index contributed by atoms with van der Waals surface area (Å²) in [6.07, 6.45) is 1.75. The predicted octanol–water partition coefficient (Wildman–Crippen LogP) is 2.79. The van der Waals surface area contributed by atoms with Crippen molar-refractivity contribution in [3.05, 3.63) is 16.4 Å². The van der Waals surface area contributed by atoms with Crippen LogP contribution in [-0.2, 0) is 22.5 Å². The van der Waals surface area contributed by atoms with Crippen molar-refractivity contribution in [1.82, 2.24) is 9.78 Å². The molecule has 0 spiro atoms. The highest BCUT2D eigenvalue weighted by Crippen LogP contribution is 2.21. The second-order valence-electron chi connectivity index (χ2n) is 4.24. The molecule has 1 rings (SSSR count). The van der Waals surface area contributed by atoms with Crippen LogP contribution >= 0.6 is 11.6 Å². The van der Waals surface area contributed by atoms with Crippen LogP contribution in [0, 0.1) is 6.92 Å². The number of aromatic nitrogens is 2. The number of carbonyl (C=O) groups excluding carboxylic acids is 1. The monoisotopic (exact) mass is 272 g/mol. The molecule has 0 radical (unpaired) electrons. The third-order valence-corrected chi connectivity index (χ3v) is 3.18. The third kappa shape index (κ3) is 4.10. The first kappa shape index (κ1) is 15.2. The number of nitrogens with zero attached hydrogens (tertiary/aromatic N) is 2. The largest absolute Gasteiger partial charge is 0.381 e. The van der Waals surface area contributed by atoms with E-state index in [9.17, 15) is 4.79 Å². The van der Waals surface area contributed by atoms with Gasteiger partial charge in [0.25, 0.3) is 0 Å². The Morgan fingerprint density at radius 1 is 1.39 bits per heavy atom. The molecule has 4 nitrogen and oxygen atoms in total.